The maximum absolute atomic E-state index is 11.7. The molecule has 0 aliphatic heterocycles. The molecule has 2 aromatic rings. The number of nitrogens with zero attached hydrogens (tertiary/aromatic N) is 2. The van der Waals surface area contributed by atoms with Crippen molar-refractivity contribution in [2.45, 2.75) is 26.3 Å². The molecule has 1 unspecified atom stereocenters. The first-order chi connectivity index (χ1) is 8.46. The maximum Gasteiger partial charge on any atom is 0.334 e. The lowest BCUT2D eigenvalue weighted by Gasteiger charge is -2.27. The molecule has 4 heteroatoms. The van der Waals surface area contributed by atoms with E-state index in [0.29, 0.717) is 0 Å². The Labute approximate surface area is 106 Å². The van der Waals surface area contributed by atoms with Gasteiger partial charge in [-0.05, 0) is 37.5 Å². The normalized spacial score (nSPS) is 14.2. The highest BCUT2D eigenvalue weighted by Crippen LogP contribution is 2.27. The van der Waals surface area contributed by atoms with Crippen LogP contribution in [0, 0.1) is 13.8 Å². The summed E-state index contributed by atoms with van der Waals surface area (Å²) in [6.45, 7) is 5.67. The number of imidazole rings is 1. The van der Waals surface area contributed by atoms with Crippen LogP contribution in [0.4, 0.5) is 0 Å². The van der Waals surface area contributed by atoms with E-state index in [1.54, 1.807) is 23.9 Å². The van der Waals surface area contributed by atoms with E-state index < -0.39 is 11.5 Å². The van der Waals surface area contributed by atoms with Crippen molar-refractivity contribution in [3.63, 3.8) is 0 Å². The van der Waals surface area contributed by atoms with Crippen molar-refractivity contribution in [3.8, 4) is 0 Å². The number of aromatic nitrogens is 2. The predicted molar refractivity (Wildman–Crippen MR) is 68.5 cm³/mol. The van der Waals surface area contributed by atoms with Crippen LogP contribution in [0.5, 0.6) is 0 Å². The lowest BCUT2D eigenvalue weighted by Crippen LogP contribution is -2.39. The van der Waals surface area contributed by atoms with Crippen LogP contribution in [-0.2, 0) is 10.3 Å². The number of aliphatic carboxylic acids is 1. The van der Waals surface area contributed by atoms with E-state index in [1.807, 2.05) is 32.0 Å². The summed E-state index contributed by atoms with van der Waals surface area (Å²) in [6.07, 6.45) is 4.79. The molecular weight excluding hydrogens is 228 g/mol. The van der Waals surface area contributed by atoms with Gasteiger partial charge in [-0.25, -0.2) is 9.78 Å². The zero-order valence-corrected chi connectivity index (χ0v) is 10.7. The van der Waals surface area contributed by atoms with E-state index in [1.165, 1.54) is 6.33 Å². The largest absolute Gasteiger partial charge is 0.479 e. The summed E-state index contributed by atoms with van der Waals surface area (Å²) >= 11 is 0. The van der Waals surface area contributed by atoms with Crippen LogP contribution in [0.1, 0.15) is 23.6 Å². The van der Waals surface area contributed by atoms with Crippen LogP contribution >= 0.6 is 0 Å². The second-order valence-corrected chi connectivity index (χ2v) is 4.65. The summed E-state index contributed by atoms with van der Waals surface area (Å²) in [5, 5.41) is 9.57. The van der Waals surface area contributed by atoms with Gasteiger partial charge in [0.2, 0.25) is 0 Å². The molecule has 94 valence electrons. The van der Waals surface area contributed by atoms with E-state index in [-0.39, 0.29) is 0 Å². The Morgan fingerprint density at radius 2 is 2.06 bits per heavy atom. The van der Waals surface area contributed by atoms with Gasteiger partial charge in [-0.15, -0.1) is 0 Å². The minimum absolute atomic E-state index is 0.746. The molecule has 4 nitrogen and oxygen atoms in total. The highest BCUT2D eigenvalue weighted by Gasteiger charge is 2.37. The van der Waals surface area contributed by atoms with Crippen LogP contribution in [0.3, 0.4) is 0 Å². The molecule has 0 radical (unpaired) electrons. The van der Waals surface area contributed by atoms with E-state index in [2.05, 4.69) is 4.98 Å². The summed E-state index contributed by atoms with van der Waals surface area (Å²) in [5.74, 6) is -0.899. The first kappa shape index (κ1) is 12.4. The highest BCUT2D eigenvalue weighted by atomic mass is 16.4. The van der Waals surface area contributed by atoms with Crippen LogP contribution in [0.15, 0.2) is 36.9 Å². The van der Waals surface area contributed by atoms with Gasteiger partial charge in [-0.2, -0.15) is 0 Å². The number of carbonyl (C=O) groups is 1. The fourth-order valence-corrected chi connectivity index (χ4v) is 1.95. The summed E-state index contributed by atoms with van der Waals surface area (Å²) in [5.41, 5.74) is 1.85. The van der Waals surface area contributed by atoms with Gasteiger partial charge >= 0.3 is 5.97 Å². The minimum Gasteiger partial charge on any atom is -0.479 e. The molecule has 1 atom stereocenters. The van der Waals surface area contributed by atoms with Crippen LogP contribution < -0.4 is 0 Å². The topological polar surface area (TPSA) is 55.1 Å². The quantitative estimate of drug-likeness (QED) is 0.901. The monoisotopic (exact) mass is 244 g/mol. The van der Waals surface area contributed by atoms with E-state index in [9.17, 15) is 9.90 Å². The molecule has 0 aliphatic rings. The summed E-state index contributed by atoms with van der Waals surface area (Å²) in [6, 6.07) is 5.72. The van der Waals surface area contributed by atoms with Crippen molar-refractivity contribution in [2.24, 2.45) is 0 Å². The Kier molecular flexibility index (Phi) is 2.95. The van der Waals surface area contributed by atoms with E-state index in [0.717, 1.165) is 16.7 Å². The molecule has 0 spiro atoms. The molecule has 1 aromatic carbocycles. The fraction of sp³-hybridized carbons (Fsp3) is 0.286. The molecule has 0 saturated carbocycles. The molecule has 0 fully saturated rings. The first-order valence-corrected chi connectivity index (χ1v) is 5.76. The van der Waals surface area contributed by atoms with Gasteiger partial charge in [0.15, 0.2) is 5.54 Å². The van der Waals surface area contributed by atoms with Gasteiger partial charge in [0.05, 0.1) is 6.33 Å². The molecule has 0 aliphatic carbocycles. The molecule has 1 heterocycles. The van der Waals surface area contributed by atoms with Crippen LogP contribution in [0.25, 0.3) is 0 Å². The molecule has 0 amide bonds. The van der Waals surface area contributed by atoms with Gasteiger partial charge in [0, 0.05) is 12.4 Å². The molecule has 18 heavy (non-hydrogen) atoms. The summed E-state index contributed by atoms with van der Waals surface area (Å²) < 4.78 is 1.61. The van der Waals surface area contributed by atoms with Crippen molar-refractivity contribution in [2.75, 3.05) is 0 Å². The number of carboxylic acids is 1. The van der Waals surface area contributed by atoms with Gasteiger partial charge < -0.3 is 9.67 Å². The number of aryl methyl sites for hydroxylation is 2. The van der Waals surface area contributed by atoms with Gasteiger partial charge in [0.25, 0.3) is 0 Å². The predicted octanol–water partition coefficient (Wildman–Crippen LogP) is 2.35. The molecular formula is C14H16N2O2. The van der Waals surface area contributed by atoms with Gasteiger partial charge in [-0.1, -0.05) is 18.2 Å². The van der Waals surface area contributed by atoms with Crippen LogP contribution in [-0.4, -0.2) is 20.6 Å². The average Bonchev–Trinajstić information content (AvgIpc) is 2.85. The maximum atomic E-state index is 11.7. The van der Waals surface area contributed by atoms with Crippen molar-refractivity contribution in [1.82, 2.24) is 9.55 Å². The fourth-order valence-electron chi connectivity index (χ4n) is 1.95. The zero-order valence-electron chi connectivity index (χ0n) is 10.7. The van der Waals surface area contributed by atoms with Crippen molar-refractivity contribution in [3.05, 3.63) is 53.6 Å². The Morgan fingerprint density at radius 3 is 2.56 bits per heavy atom. The average molecular weight is 244 g/mol. The smallest absolute Gasteiger partial charge is 0.334 e. The highest BCUT2D eigenvalue weighted by molar-refractivity contribution is 5.80. The first-order valence-electron chi connectivity index (χ1n) is 5.76. The Bertz CT molecular complexity index is 575. The number of hydrogen-bond acceptors (Lipinski definition) is 2. The number of carboxylic acid groups (broad SMARTS) is 1. The molecule has 2 rings (SSSR count). The van der Waals surface area contributed by atoms with Gasteiger partial charge in [0.1, 0.15) is 0 Å². The standard InChI is InChI=1S/C14H16N2O2/c1-10-4-5-12(8-11(10)2)14(3,13(17)18)16-7-6-15-9-16/h4-9H,1-3H3,(H,17,18). The SMILES string of the molecule is Cc1ccc(C(C)(C(=O)O)n2ccnc2)cc1C. The second kappa shape index (κ2) is 4.29. The lowest BCUT2D eigenvalue weighted by molar-refractivity contribution is -0.144. The molecule has 1 aromatic heterocycles. The Hall–Kier alpha value is -2.10. The van der Waals surface area contributed by atoms with Crippen molar-refractivity contribution >= 4 is 5.97 Å². The Balaban J connectivity index is 2.61. The second-order valence-electron chi connectivity index (χ2n) is 4.65. The zero-order chi connectivity index (χ0) is 13.3. The van der Waals surface area contributed by atoms with Crippen LogP contribution in [0.2, 0.25) is 0 Å². The number of rotatable bonds is 3. The van der Waals surface area contributed by atoms with Crippen molar-refractivity contribution < 1.29 is 9.90 Å². The van der Waals surface area contributed by atoms with E-state index >= 15 is 0 Å². The lowest BCUT2D eigenvalue weighted by atomic mass is 9.89. The summed E-state index contributed by atoms with van der Waals surface area (Å²) in [7, 11) is 0. The summed E-state index contributed by atoms with van der Waals surface area (Å²) in [4.78, 5) is 15.6. The number of hydrogen-bond donors (Lipinski definition) is 1. The molecule has 0 saturated heterocycles. The van der Waals surface area contributed by atoms with Gasteiger partial charge in [-0.3, -0.25) is 0 Å². The van der Waals surface area contributed by atoms with E-state index in [4.69, 9.17) is 0 Å². The third kappa shape index (κ3) is 1.79. The number of benzene rings is 1. The third-order valence-electron chi connectivity index (χ3n) is 3.51. The third-order valence-corrected chi connectivity index (χ3v) is 3.51. The molecule has 1 N–H and O–H groups in total. The minimum atomic E-state index is -1.13. The Morgan fingerprint density at radius 1 is 1.33 bits per heavy atom. The van der Waals surface area contributed by atoms with Crippen molar-refractivity contribution in [1.29, 1.82) is 0 Å². The molecule has 0 bridgehead atoms.